The van der Waals surface area contributed by atoms with Crippen LogP contribution in [0, 0.1) is 0 Å². The molecule has 0 radical (unpaired) electrons. The van der Waals surface area contributed by atoms with Gasteiger partial charge in [0.2, 0.25) is 0 Å². The zero-order valence-electron chi connectivity index (χ0n) is 10.6. The van der Waals surface area contributed by atoms with E-state index in [0.29, 0.717) is 6.61 Å². The topological polar surface area (TPSA) is 62.8 Å². The number of H-pyrrole nitrogens is 1. The Kier molecular flexibility index (Phi) is 3.02. The molecule has 2 N–H and O–H groups in total. The second-order valence-electron chi connectivity index (χ2n) is 4.02. The molecule has 2 heterocycles. The van der Waals surface area contributed by atoms with E-state index < -0.39 is 0 Å². The molecular formula is C14H14N4O. The first-order chi connectivity index (χ1) is 9.38. The summed E-state index contributed by atoms with van der Waals surface area (Å²) in [5.74, 6) is 1.57. The van der Waals surface area contributed by atoms with Crippen molar-refractivity contribution in [2.75, 3.05) is 11.9 Å². The number of hydrogen-bond donors (Lipinski definition) is 2. The zero-order valence-corrected chi connectivity index (χ0v) is 10.6. The molecule has 0 aliphatic heterocycles. The van der Waals surface area contributed by atoms with Crippen molar-refractivity contribution in [3.8, 4) is 5.75 Å². The van der Waals surface area contributed by atoms with E-state index in [0.717, 1.165) is 28.3 Å². The first-order valence-corrected chi connectivity index (χ1v) is 6.15. The minimum absolute atomic E-state index is 0.627. The summed E-state index contributed by atoms with van der Waals surface area (Å²) in [4.78, 5) is 11.5. The highest BCUT2D eigenvalue weighted by atomic mass is 16.5. The minimum atomic E-state index is 0.627. The van der Waals surface area contributed by atoms with Crippen molar-refractivity contribution in [2.45, 2.75) is 6.92 Å². The van der Waals surface area contributed by atoms with Gasteiger partial charge < -0.3 is 15.0 Å². The number of hydrogen-bond acceptors (Lipinski definition) is 4. The lowest BCUT2D eigenvalue weighted by atomic mass is 10.3. The number of para-hydroxylation sites is 2. The smallest absolute Gasteiger partial charge is 0.143 e. The molecule has 96 valence electrons. The van der Waals surface area contributed by atoms with Crippen LogP contribution in [0.5, 0.6) is 5.75 Å². The second-order valence-corrected chi connectivity index (χ2v) is 4.02. The van der Waals surface area contributed by atoms with Crippen LogP contribution in [-0.4, -0.2) is 21.6 Å². The Labute approximate surface area is 110 Å². The molecule has 0 fully saturated rings. The Morgan fingerprint density at radius 2 is 2.11 bits per heavy atom. The molecule has 0 saturated heterocycles. The highest BCUT2D eigenvalue weighted by Crippen LogP contribution is 2.29. The average molecular weight is 254 g/mol. The summed E-state index contributed by atoms with van der Waals surface area (Å²) in [6.07, 6.45) is 3.38. The lowest BCUT2D eigenvalue weighted by Crippen LogP contribution is -1.99. The summed E-state index contributed by atoms with van der Waals surface area (Å²) >= 11 is 0. The Balaban J connectivity index is 1.99. The van der Waals surface area contributed by atoms with Crippen LogP contribution in [0.4, 0.5) is 11.5 Å². The van der Waals surface area contributed by atoms with Crippen molar-refractivity contribution in [1.29, 1.82) is 0 Å². The minimum Gasteiger partial charge on any atom is -0.492 e. The van der Waals surface area contributed by atoms with Gasteiger partial charge in [0.15, 0.2) is 0 Å². The quantitative estimate of drug-likeness (QED) is 0.751. The summed E-state index contributed by atoms with van der Waals surface area (Å²) in [6.45, 7) is 2.59. The van der Waals surface area contributed by atoms with Crippen LogP contribution in [0.3, 0.4) is 0 Å². The number of anilines is 2. The van der Waals surface area contributed by atoms with Gasteiger partial charge in [-0.15, -0.1) is 0 Å². The molecule has 3 aromatic rings. The van der Waals surface area contributed by atoms with E-state index in [-0.39, 0.29) is 0 Å². The van der Waals surface area contributed by atoms with Crippen molar-refractivity contribution in [3.05, 3.63) is 42.9 Å². The van der Waals surface area contributed by atoms with E-state index in [1.54, 1.807) is 0 Å². The third-order valence-corrected chi connectivity index (χ3v) is 2.79. The van der Waals surface area contributed by atoms with Gasteiger partial charge >= 0.3 is 0 Å². The molecule has 2 aromatic heterocycles. The second kappa shape index (κ2) is 4.97. The molecule has 3 rings (SSSR count). The molecule has 5 nitrogen and oxygen atoms in total. The first-order valence-electron chi connectivity index (χ1n) is 6.15. The van der Waals surface area contributed by atoms with Crippen molar-refractivity contribution < 1.29 is 4.74 Å². The molecule has 0 spiro atoms. The third kappa shape index (κ3) is 2.22. The predicted octanol–water partition coefficient (Wildman–Crippen LogP) is 3.10. The Morgan fingerprint density at radius 3 is 3.00 bits per heavy atom. The van der Waals surface area contributed by atoms with Crippen LogP contribution < -0.4 is 10.1 Å². The number of fused-ring (bicyclic) bond motifs is 1. The molecule has 19 heavy (non-hydrogen) atoms. The van der Waals surface area contributed by atoms with Crippen molar-refractivity contribution in [2.24, 2.45) is 0 Å². The highest BCUT2D eigenvalue weighted by Gasteiger charge is 2.07. The lowest BCUT2D eigenvalue weighted by Gasteiger charge is -2.11. The molecule has 0 unspecified atom stereocenters. The fourth-order valence-electron chi connectivity index (χ4n) is 1.95. The standard InChI is InChI=1S/C14H14N4O/c1-2-19-12-6-4-3-5-11(12)18-14-10-7-8-15-13(10)16-9-17-14/h3-9H,2H2,1H3,(H2,15,16,17,18). The average Bonchev–Trinajstić information content (AvgIpc) is 2.91. The SMILES string of the molecule is CCOc1ccccc1Nc1ncnc2[nH]ccc12. The molecule has 5 heteroatoms. The Hall–Kier alpha value is -2.56. The van der Waals surface area contributed by atoms with E-state index >= 15 is 0 Å². The monoisotopic (exact) mass is 254 g/mol. The molecule has 0 aliphatic rings. The van der Waals surface area contributed by atoms with Gasteiger partial charge in [-0.1, -0.05) is 12.1 Å². The molecule has 1 aromatic carbocycles. The maximum absolute atomic E-state index is 5.59. The molecule has 0 amide bonds. The van der Waals surface area contributed by atoms with Crippen LogP contribution in [0.25, 0.3) is 11.0 Å². The summed E-state index contributed by atoms with van der Waals surface area (Å²) in [7, 11) is 0. The van der Waals surface area contributed by atoms with Gasteiger partial charge in [-0.2, -0.15) is 0 Å². The Bertz CT molecular complexity index is 692. The van der Waals surface area contributed by atoms with Crippen LogP contribution in [0.1, 0.15) is 6.92 Å². The summed E-state index contributed by atoms with van der Waals surface area (Å²) < 4.78 is 5.59. The van der Waals surface area contributed by atoms with Gasteiger partial charge in [-0.3, -0.25) is 0 Å². The van der Waals surface area contributed by atoms with E-state index in [9.17, 15) is 0 Å². The van der Waals surface area contributed by atoms with Gasteiger partial charge in [-0.25, -0.2) is 9.97 Å². The summed E-state index contributed by atoms with van der Waals surface area (Å²) in [5.41, 5.74) is 1.71. The predicted molar refractivity (Wildman–Crippen MR) is 74.8 cm³/mol. The van der Waals surface area contributed by atoms with Crippen LogP contribution >= 0.6 is 0 Å². The third-order valence-electron chi connectivity index (χ3n) is 2.79. The van der Waals surface area contributed by atoms with E-state index in [4.69, 9.17) is 4.74 Å². The van der Waals surface area contributed by atoms with Crippen molar-refractivity contribution in [3.63, 3.8) is 0 Å². The number of nitrogens with zero attached hydrogens (tertiary/aromatic N) is 2. The summed E-state index contributed by atoms with van der Waals surface area (Å²) in [6, 6.07) is 9.75. The van der Waals surface area contributed by atoms with E-state index in [1.807, 2.05) is 43.5 Å². The van der Waals surface area contributed by atoms with E-state index in [2.05, 4.69) is 20.3 Å². The van der Waals surface area contributed by atoms with Gasteiger partial charge in [-0.05, 0) is 25.1 Å². The number of rotatable bonds is 4. The Morgan fingerprint density at radius 1 is 1.21 bits per heavy atom. The molecule has 0 bridgehead atoms. The zero-order chi connectivity index (χ0) is 13.1. The van der Waals surface area contributed by atoms with Crippen LogP contribution in [0.15, 0.2) is 42.9 Å². The van der Waals surface area contributed by atoms with E-state index in [1.165, 1.54) is 6.33 Å². The maximum Gasteiger partial charge on any atom is 0.143 e. The van der Waals surface area contributed by atoms with Crippen LogP contribution in [-0.2, 0) is 0 Å². The van der Waals surface area contributed by atoms with Gasteiger partial charge in [0, 0.05) is 6.20 Å². The fourth-order valence-corrected chi connectivity index (χ4v) is 1.95. The number of aromatic amines is 1. The number of aromatic nitrogens is 3. The molecule has 0 saturated carbocycles. The van der Waals surface area contributed by atoms with Gasteiger partial charge in [0.05, 0.1) is 17.7 Å². The number of ether oxygens (including phenoxy) is 1. The highest BCUT2D eigenvalue weighted by molar-refractivity contribution is 5.89. The lowest BCUT2D eigenvalue weighted by molar-refractivity contribution is 0.342. The maximum atomic E-state index is 5.59. The number of nitrogens with one attached hydrogen (secondary N) is 2. The van der Waals surface area contributed by atoms with Gasteiger partial charge in [0.1, 0.15) is 23.5 Å². The largest absolute Gasteiger partial charge is 0.492 e. The summed E-state index contributed by atoms with van der Waals surface area (Å²) in [5, 5.41) is 4.24. The van der Waals surface area contributed by atoms with Gasteiger partial charge in [0.25, 0.3) is 0 Å². The normalized spacial score (nSPS) is 10.6. The molecule has 0 aliphatic carbocycles. The van der Waals surface area contributed by atoms with Crippen molar-refractivity contribution >= 4 is 22.5 Å². The molecular weight excluding hydrogens is 240 g/mol. The number of benzene rings is 1. The first kappa shape index (κ1) is 11.5. The van der Waals surface area contributed by atoms with Crippen molar-refractivity contribution in [1.82, 2.24) is 15.0 Å². The molecule has 0 atom stereocenters. The fraction of sp³-hybridized carbons (Fsp3) is 0.143. The van der Waals surface area contributed by atoms with Crippen LogP contribution in [0.2, 0.25) is 0 Å².